The van der Waals surface area contributed by atoms with Gasteiger partial charge in [0.2, 0.25) is 5.91 Å². The smallest absolute Gasteiger partial charge is 0.244 e. The minimum Gasteiger partial charge on any atom is -0.356 e. The van der Waals surface area contributed by atoms with Crippen LogP contribution in [0.4, 0.5) is 5.69 Å². The van der Waals surface area contributed by atoms with Gasteiger partial charge in [0.15, 0.2) is 0 Å². The van der Waals surface area contributed by atoms with E-state index in [1.165, 1.54) is 5.56 Å². The fraction of sp³-hybridized carbons (Fsp3) is 0.500. The van der Waals surface area contributed by atoms with Crippen LogP contribution in [0.25, 0.3) is 0 Å². The van der Waals surface area contributed by atoms with Gasteiger partial charge in [0.05, 0.1) is 0 Å². The fourth-order valence-corrected chi connectivity index (χ4v) is 2.86. The summed E-state index contributed by atoms with van der Waals surface area (Å²) in [4.78, 5) is 14.2. The van der Waals surface area contributed by atoms with E-state index >= 15 is 0 Å². The summed E-state index contributed by atoms with van der Waals surface area (Å²) in [6.45, 7) is 5.21. The molecule has 1 heterocycles. The van der Waals surface area contributed by atoms with Gasteiger partial charge in [-0.1, -0.05) is 22.0 Å². The molecule has 2 unspecified atom stereocenters. The molecule has 1 amide bonds. The van der Waals surface area contributed by atoms with E-state index in [-0.39, 0.29) is 18.0 Å². The number of anilines is 1. The van der Waals surface area contributed by atoms with Gasteiger partial charge in [-0.15, -0.1) is 0 Å². The van der Waals surface area contributed by atoms with Gasteiger partial charge < -0.3 is 16.0 Å². The van der Waals surface area contributed by atoms with Gasteiger partial charge in [0.25, 0.3) is 0 Å². The summed E-state index contributed by atoms with van der Waals surface area (Å²) in [5.41, 5.74) is 8.03. The minimum absolute atomic E-state index is 0.0172. The quantitative estimate of drug-likeness (QED) is 0.871. The topological polar surface area (TPSA) is 58.4 Å². The summed E-state index contributed by atoms with van der Waals surface area (Å²) in [6.07, 6.45) is 0.924. The number of rotatable bonds is 2. The van der Waals surface area contributed by atoms with Gasteiger partial charge in [-0.2, -0.15) is 0 Å². The predicted molar refractivity (Wildman–Crippen MR) is 81.3 cm³/mol. The molecule has 1 aliphatic rings. The molecule has 1 aliphatic heterocycles. The number of benzene rings is 1. The number of nitrogens with one attached hydrogen (secondary N) is 1. The van der Waals surface area contributed by atoms with Crippen LogP contribution in [0.5, 0.6) is 0 Å². The lowest BCUT2D eigenvalue weighted by Gasteiger charge is -2.34. The average molecular weight is 326 g/mol. The second-order valence-corrected chi connectivity index (χ2v) is 5.88. The first-order valence-corrected chi connectivity index (χ1v) is 7.36. The number of halogens is 1. The summed E-state index contributed by atoms with van der Waals surface area (Å²) in [5, 5.41) is 2.93. The van der Waals surface area contributed by atoms with Crippen LogP contribution in [-0.2, 0) is 4.79 Å². The van der Waals surface area contributed by atoms with E-state index in [0.29, 0.717) is 13.1 Å². The highest BCUT2D eigenvalue weighted by Crippen LogP contribution is 2.28. The molecule has 4 nitrogen and oxygen atoms in total. The van der Waals surface area contributed by atoms with Gasteiger partial charge in [-0.05, 0) is 38.0 Å². The Kier molecular flexibility index (Phi) is 4.47. The number of carbonyl (C=O) groups is 1. The Bertz CT molecular complexity index is 478. The number of nitrogens with two attached hydrogens (primary N) is 1. The summed E-state index contributed by atoms with van der Waals surface area (Å²) >= 11 is 3.55. The van der Waals surface area contributed by atoms with E-state index in [1.807, 2.05) is 6.92 Å². The second kappa shape index (κ2) is 5.92. The molecular weight excluding hydrogens is 306 g/mol. The monoisotopic (exact) mass is 325 g/mol. The van der Waals surface area contributed by atoms with E-state index in [4.69, 9.17) is 5.73 Å². The van der Waals surface area contributed by atoms with Crippen molar-refractivity contribution in [1.29, 1.82) is 0 Å². The van der Waals surface area contributed by atoms with E-state index in [0.717, 1.165) is 16.6 Å². The van der Waals surface area contributed by atoms with Gasteiger partial charge in [0.1, 0.15) is 6.04 Å². The molecule has 19 heavy (non-hydrogen) atoms. The highest BCUT2D eigenvalue weighted by Gasteiger charge is 2.31. The first-order chi connectivity index (χ1) is 9.04. The molecular formula is C14H20BrN3O. The van der Waals surface area contributed by atoms with Crippen LogP contribution < -0.4 is 16.0 Å². The normalized spacial score (nSPS) is 24.0. The highest BCUT2D eigenvalue weighted by atomic mass is 79.9. The molecule has 1 aromatic carbocycles. The van der Waals surface area contributed by atoms with Crippen LogP contribution in [0, 0.1) is 6.92 Å². The molecule has 2 atom stereocenters. The lowest BCUT2D eigenvalue weighted by atomic mass is 10.1. The number of hydrogen-bond donors (Lipinski definition) is 2. The van der Waals surface area contributed by atoms with Crippen molar-refractivity contribution >= 4 is 27.5 Å². The van der Waals surface area contributed by atoms with Crippen molar-refractivity contribution in [2.24, 2.45) is 5.73 Å². The van der Waals surface area contributed by atoms with Crippen LogP contribution in [-0.4, -0.2) is 31.1 Å². The molecule has 0 spiro atoms. The maximum Gasteiger partial charge on any atom is 0.244 e. The predicted octanol–water partition coefficient (Wildman–Crippen LogP) is 1.80. The van der Waals surface area contributed by atoms with E-state index in [1.54, 1.807) is 0 Å². The first kappa shape index (κ1) is 14.3. The van der Waals surface area contributed by atoms with Crippen molar-refractivity contribution in [3.63, 3.8) is 0 Å². The first-order valence-electron chi connectivity index (χ1n) is 6.57. The Morgan fingerprint density at radius 3 is 2.89 bits per heavy atom. The Hall–Kier alpha value is -1.07. The van der Waals surface area contributed by atoms with Gasteiger partial charge in [0, 0.05) is 29.3 Å². The number of hydrogen-bond acceptors (Lipinski definition) is 3. The molecule has 0 bridgehead atoms. The molecule has 0 aromatic heterocycles. The van der Waals surface area contributed by atoms with Crippen LogP contribution in [0.1, 0.15) is 18.9 Å². The molecule has 0 radical (unpaired) electrons. The maximum atomic E-state index is 12.1. The van der Waals surface area contributed by atoms with Crippen LogP contribution in [0.3, 0.4) is 0 Å². The van der Waals surface area contributed by atoms with E-state index < -0.39 is 0 Å². The molecule has 104 valence electrons. The van der Waals surface area contributed by atoms with Crippen LogP contribution in [0.15, 0.2) is 22.7 Å². The number of amides is 1. The third-order valence-corrected chi connectivity index (χ3v) is 4.51. The lowest BCUT2D eigenvalue weighted by molar-refractivity contribution is -0.121. The maximum absolute atomic E-state index is 12.1. The van der Waals surface area contributed by atoms with Gasteiger partial charge in [-0.3, -0.25) is 4.79 Å². The summed E-state index contributed by atoms with van der Waals surface area (Å²) in [6, 6.07) is 6.15. The van der Waals surface area contributed by atoms with Crippen molar-refractivity contribution in [2.45, 2.75) is 32.4 Å². The van der Waals surface area contributed by atoms with Crippen LogP contribution >= 0.6 is 15.9 Å². The molecule has 1 aromatic rings. The largest absolute Gasteiger partial charge is 0.356 e. The van der Waals surface area contributed by atoms with E-state index in [9.17, 15) is 4.79 Å². The van der Waals surface area contributed by atoms with Crippen molar-refractivity contribution in [1.82, 2.24) is 5.32 Å². The zero-order valence-electron chi connectivity index (χ0n) is 11.3. The van der Waals surface area contributed by atoms with Gasteiger partial charge in [-0.25, -0.2) is 0 Å². The molecule has 3 N–H and O–H groups in total. The third kappa shape index (κ3) is 2.92. The van der Waals surface area contributed by atoms with Crippen molar-refractivity contribution < 1.29 is 4.79 Å². The Morgan fingerprint density at radius 1 is 1.53 bits per heavy atom. The zero-order valence-corrected chi connectivity index (χ0v) is 12.9. The second-order valence-electron chi connectivity index (χ2n) is 5.02. The Morgan fingerprint density at radius 2 is 2.26 bits per heavy atom. The molecule has 1 saturated heterocycles. The third-order valence-electron chi connectivity index (χ3n) is 3.65. The number of carbonyl (C=O) groups excluding carboxylic acids is 1. The Labute approximate surface area is 122 Å². The SMILES string of the molecule is Cc1ccc(N2C(C)CCNC(=O)C2CN)cc1Br. The van der Waals surface area contributed by atoms with Crippen molar-refractivity contribution in [2.75, 3.05) is 18.0 Å². The standard InChI is InChI=1S/C14H20BrN3O/c1-9-3-4-11(7-12(9)15)18-10(2)5-6-17-14(19)13(18)8-16/h3-4,7,10,13H,5-6,8,16H2,1-2H3,(H,17,19). The molecule has 2 rings (SSSR count). The molecule has 5 heteroatoms. The average Bonchev–Trinajstić information content (AvgIpc) is 2.52. The van der Waals surface area contributed by atoms with E-state index in [2.05, 4.69) is 51.3 Å². The van der Waals surface area contributed by atoms with Crippen molar-refractivity contribution in [3.8, 4) is 0 Å². The highest BCUT2D eigenvalue weighted by molar-refractivity contribution is 9.10. The van der Waals surface area contributed by atoms with Crippen molar-refractivity contribution in [3.05, 3.63) is 28.2 Å². The Balaban J connectivity index is 2.41. The molecule has 0 saturated carbocycles. The molecule has 0 aliphatic carbocycles. The van der Waals surface area contributed by atoms with Gasteiger partial charge >= 0.3 is 0 Å². The molecule has 1 fully saturated rings. The summed E-state index contributed by atoms with van der Waals surface area (Å²) in [7, 11) is 0. The lowest BCUT2D eigenvalue weighted by Crippen LogP contribution is -2.51. The minimum atomic E-state index is -0.299. The number of aryl methyl sites for hydroxylation is 1. The summed E-state index contributed by atoms with van der Waals surface area (Å²) in [5.74, 6) is 0.0172. The summed E-state index contributed by atoms with van der Waals surface area (Å²) < 4.78 is 1.05. The number of nitrogens with zero attached hydrogens (tertiary/aromatic N) is 1. The van der Waals surface area contributed by atoms with Crippen LogP contribution in [0.2, 0.25) is 0 Å². The fourth-order valence-electron chi connectivity index (χ4n) is 2.49. The zero-order chi connectivity index (χ0) is 14.0.